The van der Waals surface area contributed by atoms with Gasteiger partial charge in [0.2, 0.25) is 0 Å². The molecule has 3 rings (SSSR count). The lowest BCUT2D eigenvalue weighted by molar-refractivity contribution is 0.568. The highest BCUT2D eigenvalue weighted by Crippen LogP contribution is 2.32. The summed E-state index contributed by atoms with van der Waals surface area (Å²) in [6.07, 6.45) is 0. The molecule has 0 aliphatic carbocycles. The minimum absolute atomic E-state index is 0.479. The summed E-state index contributed by atoms with van der Waals surface area (Å²) in [7, 11) is 0. The minimum atomic E-state index is 0.479. The summed E-state index contributed by atoms with van der Waals surface area (Å²) in [5.74, 6) is 0. The number of hydrogen-bond donors (Lipinski definition) is 1. The molecule has 1 N–H and O–H groups in total. The zero-order chi connectivity index (χ0) is 13.2. The maximum absolute atomic E-state index is 3.58. The normalized spacial score (nSPS) is 18.8. The van der Waals surface area contributed by atoms with E-state index in [4.69, 9.17) is 0 Å². The van der Waals surface area contributed by atoms with E-state index in [-0.39, 0.29) is 0 Å². The van der Waals surface area contributed by atoms with Crippen LogP contribution >= 0.6 is 0 Å². The van der Waals surface area contributed by atoms with Gasteiger partial charge < -0.3 is 10.2 Å². The first kappa shape index (κ1) is 12.2. The van der Waals surface area contributed by atoms with E-state index in [1.807, 2.05) is 0 Å². The van der Waals surface area contributed by atoms with Crippen molar-refractivity contribution < 1.29 is 0 Å². The first-order chi connectivity index (χ1) is 9.25. The maximum Gasteiger partial charge on any atom is 0.0456 e. The van der Waals surface area contributed by atoms with E-state index in [2.05, 4.69) is 72.6 Å². The van der Waals surface area contributed by atoms with Gasteiger partial charge in [0.1, 0.15) is 0 Å². The van der Waals surface area contributed by atoms with Crippen LogP contribution in [0.5, 0.6) is 0 Å². The highest BCUT2D eigenvalue weighted by molar-refractivity contribution is 5.69. The number of para-hydroxylation sites is 2. The highest BCUT2D eigenvalue weighted by Gasteiger charge is 2.20. The van der Waals surface area contributed by atoms with Crippen LogP contribution in [0.15, 0.2) is 48.5 Å². The second kappa shape index (κ2) is 5.06. The molecule has 1 aliphatic rings. The molecule has 2 aromatic carbocycles. The van der Waals surface area contributed by atoms with Crippen LogP contribution in [0.25, 0.3) is 0 Å². The fraction of sp³-hybridized carbons (Fsp3) is 0.294. The molecule has 0 fully saturated rings. The molecule has 0 aromatic heterocycles. The molecule has 0 radical (unpaired) electrons. The number of aryl methyl sites for hydroxylation is 1. The van der Waals surface area contributed by atoms with Gasteiger partial charge in [-0.05, 0) is 37.1 Å². The Labute approximate surface area is 115 Å². The summed E-state index contributed by atoms with van der Waals surface area (Å²) in [6, 6.07) is 17.8. The molecule has 2 nitrogen and oxygen atoms in total. The number of nitrogens with one attached hydrogen (secondary N) is 1. The lowest BCUT2D eigenvalue weighted by Crippen LogP contribution is -2.33. The first-order valence-corrected chi connectivity index (χ1v) is 6.90. The molecular weight excluding hydrogens is 232 g/mol. The molecule has 0 spiro atoms. The number of benzene rings is 2. The molecular formula is C17H20N2. The summed E-state index contributed by atoms with van der Waals surface area (Å²) in [6.45, 7) is 6.37. The molecule has 98 valence electrons. The minimum Gasteiger partial charge on any atom is -0.339 e. The lowest BCUT2D eigenvalue weighted by Gasteiger charge is -2.28. The quantitative estimate of drug-likeness (QED) is 0.834. The van der Waals surface area contributed by atoms with Crippen molar-refractivity contribution in [1.82, 2.24) is 5.32 Å². The SMILES string of the molecule is Cc1ccccc1N1CC(C)NCc2ccccc21. The second-order valence-electron chi connectivity index (χ2n) is 5.31. The van der Waals surface area contributed by atoms with Gasteiger partial charge in [0.15, 0.2) is 0 Å². The fourth-order valence-corrected chi connectivity index (χ4v) is 2.74. The Hall–Kier alpha value is -1.80. The lowest BCUT2D eigenvalue weighted by atomic mass is 10.1. The third kappa shape index (κ3) is 2.36. The smallest absolute Gasteiger partial charge is 0.0456 e. The Morgan fingerprint density at radius 3 is 2.47 bits per heavy atom. The topological polar surface area (TPSA) is 15.3 Å². The van der Waals surface area contributed by atoms with Gasteiger partial charge in [-0.25, -0.2) is 0 Å². The summed E-state index contributed by atoms with van der Waals surface area (Å²) in [4.78, 5) is 2.44. The van der Waals surface area contributed by atoms with Crippen molar-refractivity contribution in [3.8, 4) is 0 Å². The zero-order valence-corrected chi connectivity index (χ0v) is 11.6. The first-order valence-electron chi connectivity index (χ1n) is 6.90. The van der Waals surface area contributed by atoms with E-state index in [0.717, 1.165) is 13.1 Å². The van der Waals surface area contributed by atoms with Gasteiger partial charge in [-0.15, -0.1) is 0 Å². The molecule has 0 amide bonds. The van der Waals surface area contributed by atoms with Crippen molar-refractivity contribution >= 4 is 11.4 Å². The van der Waals surface area contributed by atoms with Crippen molar-refractivity contribution in [3.05, 3.63) is 59.7 Å². The molecule has 1 aliphatic heterocycles. The summed E-state index contributed by atoms with van der Waals surface area (Å²) < 4.78 is 0. The van der Waals surface area contributed by atoms with E-state index in [1.165, 1.54) is 22.5 Å². The third-order valence-electron chi connectivity index (χ3n) is 3.79. The molecule has 0 saturated heterocycles. The standard InChI is InChI=1S/C17H20N2/c1-13-7-3-5-9-16(13)19-12-14(2)18-11-15-8-4-6-10-17(15)19/h3-10,14,18H,11-12H2,1-2H3. The molecule has 0 saturated carbocycles. The molecule has 1 heterocycles. The van der Waals surface area contributed by atoms with Crippen LogP contribution in [-0.2, 0) is 6.54 Å². The van der Waals surface area contributed by atoms with Crippen LogP contribution < -0.4 is 10.2 Å². The highest BCUT2D eigenvalue weighted by atomic mass is 15.2. The van der Waals surface area contributed by atoms with Gasteiger partial charge in [0.05, 0.1) is 0 Å². The molecule has 2 heteroatoms. The van der Waals surface area contributed by atoms with Crippen molar-refractivity contribution in [2.45, 2.75) is 26.4 Å². The largest absolute Gasteiger partial charge is 0.339 e. The Bertz CT molecular complexity index is 577. The Balaban J connectivity index is 2.11. The van der Waals surface area contributed by atoms with E-state index in [0.29, 0.717) is 6.04 Å². The number of nitrogens with zero attached hydrogens (tertiary/aromatic N) is 1. The van der Waals surface area contributed by atoms with Crippen LogP contribution in [0.2, 0.25) is 0 Å². The third-order valence-corrected chi connectivity index (χ3v) is 3.79. The maximum atomic E-state index is 3.58. The van der Waals surface area contributed by atoms with Crippen LogP contribution in [0.3, 0.4) is 0 Å². The number of anilines is 2. The van der Waals surface area contributed by atoms with Gasteiger partial charge in [-0.2, -0.15) is 0 Å². The number of hydrogen-bond acceptors (Lipinski definition) is 2. The van der Waals surface area contributed by atoms with Crippen LogP contribution in [0.4, 0.5) is 11.4 Å². The predicted octanol–water partition coefficient (Wildman–Crippen LogP) is 3.62. The van der Waals surface area contributed by atoms with E-state index in [1.54, 1.807) is 0 Å². The molecule has 0 bridgehead atoms. The van der Waals surface area contributed by atoms with E-state index >= 15 is 0 Å². The van der Waals surface area contributed by atoms with Crippen LogP contribution in [0, 0.1) is 6.92 Å². The van der Waals surface area contributed by atoms with Gasteiger partial charge in [-0.1, -0.05) is 36.4 Å². The van der Waals surface area contributed by atoms with Crippen LogP contribution in [0.1, 0.15) is 18.1 Å². The number of rotatable bonds is 1. The Morgan fingerprint density at radius 2 is 1.68 bits per heavy atom. The zero-order valence-electron chi connectivity index (χ0n) is 11.6. The Morgan fingerprint density at radius 1 is 1.00 bits per heavy atom. The molecule has 19 heavy (non-hydrogen) atoms. The van der Waals surface area contributed by atoms with E-state index in [9.17, 15) is 0 Å². The average molecular weight is 252 g/mol. The molecule has 2 aromatic rings. The second-order valence-corrected chi connectivity index (χ2v) is 5.31. The monoisotopic (exact) mass is 252 g/mol. The van der Waals surface area contributed by atoms with Crippen LogP contribution in [-0.4, -0.2) is 12.6 Å². The summed E-state index contributed by atoms with van der Waals surface area (Å²) in [5, 5.41) is 3.58. The van der Waals surface area contributed by atoms with Crippen molar-refractivity contribution in [1.29, 1.82) is 0 Å². The van der Waals surface area contributed by atoms with Crippen molar-refractivity contribution in [3.63, 3.8) is 0 Å². The van der Waals surface area contributed by atoms with Gasteiger partial charge >= 0.3 is 0 Å². The van der Waals surface area contributed by atoms with Crippen molar-refractivity contribution in [2.24, 2.45) is 0 Å². The predicted molar refractivity (Wildman–Crippen MR) is 80.9 cm³/mol. The summed E-state index contributed by atoms with van der Waals surface area (Å²) in [5.41, 5.74) is 5.33. The Kier molecular flexibility index (Phi) is 3.26. The van der Waals surface area contributed by atoms with Gasteiger partial charge in [0, 0.05) is 30.5 Å². The number of fused-ring (bicyclic) bond motifs is 1. The molecule has 1 unspecified atom stereocenters. The van der Waals surface area contributed by atoms with E-state index < -0.39 is 0 Å². The molecule has 1 atom stereocenters. The average Bonchev–Trinajstić information content (AvgIpc) is 2.59. The summed E-state index contributed by atoms with van der Waals surface area (Å²) >= 11 is 0. The van der Waals surface area contributed by atoms with Gasteiger partial charge in [-0.3, -0.25) is 0 Å². The van der Waals surface area contributed by atoms with Gasteiger partial charge in [0.25, 0.3) is 0 Å². The van der Waals surface area contributed by atoms with Crippen molar-refractivity contribution in [2.75, 3.05) is 11.4 Å². The fourth-order valence-electron chi connectivity index (χ4n) is 2.74.